The van der Waals surface area contributed by atoms with E-state index in [2.05, 4.69) is 10.6 Å². The molecular formula is C21H26N2O3. The van der Waals surface area contributed by atoms with Crippen LogP contribution in [0.2, 0.25) is 0 Å². The number of carbonyl (C=O) groups excluding carboxylic acids is 2. The van der Waals surface area contributed by atoms with E-state index >= 15 is 0 Å². The first-order valence-electron chi connectivity index (χ1n) is 8.68. The van der Waals surface area contributed by atoms with Crippen LogP contribution >= 0.6 is 0 Å². The molecule has 5 heteroatoms. The monoisotopic (exact) mass is 354 g/mol. The van der Waals surface area contributed by atoms with Gasteiger partial charge in [0.2, 0.25) is 0 Å². The van der Waals surface area contributed by atoms with Crippen molar-refractivity contribution in [3.05, 3.63) is 66.2 Å². The number of hydrogen-bond donors (Lipinski definition) is 2. The van der Waals surface area contributed by atoms with E-state index in [1.54, 1.807) is 20.8 Å². The molecule has 0 saturated carbocycles. The minimum Gasteiger partial charge on any atom is -0.444 e. The molecule has 0 saturated heterocycles. The topological polar surface area (TPSA) is 67.4 Å². The third-order valence-corrected chi connectivity index (χ3v) is 3.60. The molecule has 0 radical (unpaired) electrons. The van der Waals surface area contributed by atoms with Crippen LogP contribution in [0.5, 0.6) is 0 Å². The lowest BCUT2D eigenvalue weighted by Crippen LogP contribution is -2.46. The fourth-order valence-electron chi connectivity index (χ4n) is 2.41. The number of ether oxygens (including phenoxy) is 1. The predicted molar refractivity (Wildman–Crippen MR) is 103 cm³/mol. The number of amides is 1. The normalized spacial score (nSPS) is 12.1. The van der Waals surface area contributed by atoms with Crippen LogP contribution in [0.3, 0.4) is 0 Å². The summed E-state index contributed by atoms with van der Waals surface area (Å²) in [4.78, 5) is 24.8. The SMILES string of the molecule is CC(C)(C)OC(=O)N[C@@H](Cc1ccccc1)C(=O)CNc1ccccc1. The zero-order chi connectivity index (χ0) is 19.0. The van der Waals surface area contributed by atoms with E-state index in [0.29, 0.717) is 6.42 Å². The Morgan fingerprint density at radius 3 is 2.12 bits per heavy atom. The van der Waals surface area contributed by atoms with Crippen LogP contribution in [0.4, 0.5) is 10.5 Å². The summed E-state index contributed by atoms with van der Waals surface area (Å²) in [6.07, 6.45) is -0.179. The first kappa shape index (κ1) is 19.5. The highest BCUT2D eigenvalue weighted by Gasteiger charge is 2.24. The van der Waals surface area contributed by atoms with Crippen molar-refractivity contribution in [2.45, 2.75) is 38.8 Å². The summed E-state index contributed by atoms with van der Waals surface area (Å²) in [7, 11) is 0. The van der Waals surface area contributed by atoms with E-state index in [4.69, 9.17) is 4.74 Å². The molecule has 2 N–H and O–H groups in total. The summed E-state index contributed by atoms with van der Waals surface area (Å²) in [6, 6.07) is 18.4. The van der Waals surface area contributed by atoms with E-state index < -0.39 is 17.7 Å². The fourth-order valence-corrected chi connectivity index (χ4v) is 2.41. The fraction of sp³-hybridized carbons (Fsp3) is 0.333. The van der Waals surface area contributed by atoms with Gasteiger partial charge >= 0.3 is 6.09 Å². The van der Waals surface area contributed by atoms with Gasteiger partial charge in [0, 0.05) is 5.69 Å². The summed E-state index contributed by atoms with van der Waals surface area (Å²) in [6.45, 7) is 5.49. The van der Waals surface area contributed by atoms with Gasteiger partial charge in [-0.15, -0.1) is 0 Å². The highest BCUT2D eigenvalue weighted by Crippen LogP contribution is 2.10. The summed E-state index contributed by atoms with van der Waals surface area (Å²) < 4.78 is 5.30. The predicted octanol–water partition coefficient (Wildman–Crippen LogP) is 3.80. The van der Waals surface area contributed by atoms with Gasteiger partial charge < -0.3 is 15.4 Å². The van der Waals surface area contributed by atoms with Crippen LogP contribution in [-0.4, -0.2) is 30.1 Å². The largest absolute Gasteiger partial charge is 0.444 e. The van der Waals surface area contributed by atoms with Gasteiger partial charge in [0.05, 0.1) is 12.6 Å². The van der Waals surface area contributed by atoms with Crippen molar-refractivity contribution in [2.75, 3.05) is 11.9 Å². The van der Waals surface area contributed by atoms with Crippen LogP contribution in [-0.2, 0) is 16.0 Å². The first-order valence-corrected chi connectivity index (χ1v) is 8.68. The first-order chi connectivity index (χ1) is 12.3. The Morgan fingerprint density at radius 2 is 1.54 bits per heavy atom. The number of nitrogens with one attached hydrogen (secondary N) is 2. The van der Waals surface area contributed by atoms with Gasteiger partial charge in [0.25, 0.3) is 0 Å². The van der Waals surface area contributed by atoms with Crippen molar-refractivity contribution >= 4 is 17.6 Å². The minimum absolute atomic E-state index is 0.108. The van der Waals surface area contributed by atoms with E-state index in [-0.39, 0.29) is 12.3 Å². The summed E-state index contributed by atoms with van der Waals surface area (Å²) >= 11 is 0. The molecule has 138 valence electrons. The number of Topliss-reactive ketones (excluding diaryl/α,β-unsaturated/α-hetero) is 1. The third kappa shape index (κ3) is 6.97. The molecule has 0 bridgehead atoms. The zero-order valence-electron chi connectivity index (χ0n) is 15.5. The van der Waals surface area contributed by atoms with Crippen molar-refractivity contribution in [1.29, 1.82) is 0 Å². The molecule has 0 heterocycles. The quantitative estimate of drug-likeness (QED) is 0.793. The van der Waals surface area contributed by atoms with Gasteiger partial charge in [0.1, 0.15) is 5.60 Å². The smallest absolute Gasteiger partial charge is 0.408 e. The summed E-state index contributed by atoms with van der Waals surface area (Å²) in [5.74, 6) is -0.108. The minimum atomic E-state index is -0.663. The molecule has 2 aromatic rings. The highest BCUT2D eigenvalue weighted by molar-refractivity contribution is 5.90. The second-order valence-electron chi connectivity index (χ2n) is 7.07. The van der Waals surface area contributed by atoms with Crippen LogP contribution in [0.1, 0.15) is 26.3 Å². The standard InChI is InChI=1S/C21H26N2O3/c1-21(2,3)26-20(25)23-18(14-16-10-6-4-7-11-16)19(24)15-22-17-12-8-5-9-13-17/h4-13,18,22H,14-15H2,1-3H3,(H,23,25)/t18-/m0/s1. The molecule has 0 fully saturated rings. The Morgan fingerprint density at radius 1 is 0.962 bits per heavy atom. The lowest BCUT2D eigenvalue weighted by Gasteiger charge is -2.23. The van der Waals surface area contributed by atoms with Gasteiger partial charge in [-0.25, -0.2) is 4.79 Å². The van der Waals surface area contributed by atoms with Gasteiger partial charge in [-0.1, -0.05) is 48.5 Å². The summed E-state index contributed by atoms with van der Waals surface area (Å²) in [5, 5.41) is 5.80. The molecule has 0 aliphatic rings. The van der Waals surface area contributed by atoms with Crippen molar-refractivity contribution in [3.8, 4) is 0 Å². The molecule has 0 aromatic heterocycles. The Labute approximate surface area is 154 Å². The van der Waals surface area contributed by atoms with Crippen LogP contribution in [0, 0.1) is 0 Å². The molecule has 1 amide bonds. The number of anilines is 1. The molecule has 5 nitrogen and oxygen atoms in total. The van der Waals surface area contributed by atoms with Crippen LogP contribution < -0.4 is 10.6 Å². The van der Waals surface area contributed by atoms with E-state index in [1.165, 1.54) is 0 Å². The number of para-hydroxylation sites is 1. The van der Waals surface area contributed by atoms with Gasteiger partial charge in [0.15, 0.2) is 5.78 Å². The molecule has 2 rings (SSSR count). The number of alkyl carbamates (subject to hydrolysis) is 1. The molecule has 1 atom stereocenters. The maximum absolute atomic E-state index is 12.7. The Hall–Kier alpha value is -2.82. The molecule has 0 unspecified atom stereocenters. The zero-order valence-corrected chi connectivity index (χ0v) is 15.5. The second-order valence-corrected chi connectivity index (χ2v) is 7.07. The van der Waals surface area contributed by atoms with Crippen molar-refractivity contribution in [3.63, 3.8) is 0 Å². The third-order valence-electron chi connectivity index (χ3n) is 3.60. The average Bonchev–Trinajstić information content (AvgIpc) is 2.59. The van der Waals surface area contributed by atoms with Crippen LogP contribution in [0.15, 0.2) is 60.7 Å². The van der Waals surface area contributed by atoms with Crippen LogP contribution in [0.25, 0.3) is 0 Å². The number of benzene rings is 2. The Balaban J connectivity index is 2.03. The van der Waals surface area contributed by atoms with Crippen molar-refractivity contribution in [2.24, 2.45) is 0 Å². The molecule has 0 aliphatic heterocycles. The van der Waals surface area contributed by atoms with E-state index in [9.17, 15) is 9.59 Å². The molecule has 2 aromatic carbocycles. The second kappa shape index (κ2) is 9.04. The lowest BCUT2D eigenvalue weighted by molar-refractivity contribution is -0.119. The Kier molecular flexibility index (Phi) is 6.78. The molecular weight excluding hydrogens is 328 g/mol. The average molecular weight is 354 g/mol. The molecule has 0 spiro atoms. The number of ketones is 1. The number of rotatable bonds is 7. The van der Waals surface area contributed by atoms with E-state index in [0.717, 1.165) is 11.3 Å². The van der Waals surface area contributed by atoms with Crippen molar-refractivity contribution < 1.29 is 14.3 Å². The maximum atomic E-state index is 12.7. The molecule has 0 aliphatic carbocycles. The van der Waals surface area contributed by atoms with Gasteiger partial charge in [-0.3, -0.25) is 4.79 Å². The van der Waals surface area contributed by atoms with E-state index in [1.807, 2.05) is 60.7 Å². The van der Waals surface area contributed by atoms with Gasteiger partial charge in [-0.2, -0.15) is 0 Å². The van der Waals surface area contributed by atoms with Gasteiger partial charge in [-0.05, 0) is 44.9 Å². The summed E-state index contributed by atoms with van der Waals surface area (Å²) in [5.41, 5.74) is 1.21. The number of carbonyl (C=O) groups is 2. The Bertz CT molecular complexity index is 709. The lowest BCUT2D eigenvalue weighted by atomic mass is 10.0. The maximum Gasteiger partial charge on any atom is 0.408 e. The molecule has 26 heavy (non-hydrogen) atoms. The number of hydrogen-bond acceptors (Lipinski definition) is 4. The highest BCUT2D eigenvalue weighted by atomic mass is 16.6. The van der Waals surface area contributed by atoms with Crippen molar-refractivity contribution in [1.82, 2.24) is 5.32 Å².